The summed E-state index contributed by atoms with van der Waals surface area (Å²) in [6.07, 6.45) is 1.08. The lowest BCUT2D eigenvalue weighted by molar-refractivity contribution is -0.157. The first-order valence-electron chi connectivity index (χ1n) is 9.07. The first-order chi connectivity index (χ1) is 13.8. The maximum atomic E-state index is 11.9. The lowest BCUT2D eigenvalue weighted by Crippen LogP contribution is -2.27. The molecule has 2 aromatic rings. The molecule has 6 nitrogen and oxygen atoms in total. The lowest BCUT2D eigenvalue weighted by Gasteiger charge is -2.19. The van der Waals surface area contributed by atoms with Crippen molar-refractivity contribution in [2.75, 3.05) is 17.6 Å². The Hall–Kier alpha value is -2.69. The average molecular weight is 450 g/mol. The first-order valence-corrected chi connectivity index (χ1v) is 11.3. The molecular formula is C22H24ClNO5S. The number of hydrogen-bond donors (Lipinski definition) is 1. The van der Waals surface area contributed by atoms with Crippen molar-refractivity contribution in [3.05, 3.63) is 58.1 Å². The monoisotopic (exact) mass is 449 g/mol. The maximum Gasteiger partial charge on any atom is 0.344 e. The van der Waals surface area contributed by atoms with Gasteiger partial charge in [0.15, 0.2) is 6.61 Å². The predicted molar refractivity (Wildman–Crippen MR) is 118 cm³/mol. The number of hydrogen-bond acceptors (Lipinski definition) is 5. The highest BCUT2D eigenvalue weighted by Crippen LogP contribution is 2.23. The Kier molecular flexibility index (Phi) is 7.40. The highest BCUT2D eigenvalue weighted by molar-refractivity contribution is 7.92. The Balaban J connectivity index is 2.28. The topological polar surface area (TPSA) is 81.7 Å². The van der Waals surface area contributed by atoms with Gasteiger partial charge in [0.25, 0.3) is 0 Å². The Labute approximate surface area is 182 Å². The summed E-state index contributed by atoms with van der Waals surface area (Å²) in [4.78, 5) is 11.9. The minimum atomic E-state index is -3.39. The van der Waals surface area contributed by atoms with Crippen LogP contribution in [0.4, 0.5) is 5.69 Å². The normalized spacial score (nSPS) is 11.3. The fourth-order valence-electron chi connectivity index (χ4n) is 2.40. The molecule has 160 valence electrons. The number of ether oxygens (including phenoxy) is 2. The van der Waals surface area contributed by atoms with Crippen LogP contribution in [0.3, 0.4) is 0 Å². The van der Waals surface area contributed by atoms with Crippen molar-refractivity contribution >= 4 is 33.3 Å². The number of benzene rings is 2. The molecule has 0 aromatic heterocycles. The maximum absolute atomic E-state index is 11.9. The van der Waals surface area contributed by atoms with Crippen LogP contribution in [0.5, 0.6) is 5.75 Å². The first kappa shape index (κ1) is 23.6. The van der Waals surface area contributed by atoms with Gasteiger partial charge in [-0.05, 0) is 63.6 Å². The summed E-state index contributed by atoms with van der Waals surface area (Å²) in [6.45, 7) is 6.93. The van der Waals surface area contributed by atoms with Crippen LogP contribution in [0.15, 0.2) is 36.4 Å². The number of anilines is 1. The largest absolute Gasteiger partial charge is 0.481 e. The van der Waals surface area contributed by atoms with E-state index in [1.165, 1.54) is 0 Å². The van der Waals surface area contributed by atoms with Crippen LogP contribution in [-0.2, 0) is 19.6 Å². The molecule has 0 atom stereocenters. The molecule has 0 saturated carbocycles. The number of carbonyl (C=O) groups excluding carboxylic acids is 1. The van der Waals surface area contributed by atoms with E-state index in [1.54, 1.807) is 57.2 Å². The van der Waals surface area contributed by atoms with E-state index in [-0.39, 0.29) is 6.61 Å². The lowest BCUT2D eigenvalue weighted by atomic mass is 10.1. The molecular weight excluding hydrogens is 426 g/mol. The predicted octanol–water partition coefficient (Wildman–Crippen LogP) is 4.14. The third-order valence-electron chi connectivity index (χ3n) is 3.58. The Bertz CT molecular complexity index is 1110. The van der Waals surface area contributed by atoms with E-state index < -0.39 is 21.6 Å². The van der Waals surface area contributed by atoms with Crippen LogP contribution in [0.2, 0.25) is 5.02 Å². The highest BCUT2D eigenvalue weighted by atomic mass is 35.5. The van der Waals surface area contributed by atoms with Crippen molar-refractivity contribution in [3.63, 3.8) is 0 Å². The number of aryl methyl sites for hydroxylation is 1. The van der Waals surface area contributed by atoms with Crippen LogP contribution >= 0.6 is 11.6 Å². The number of sulfonamides is 1. The van der Waals surface area contributed by atoms with E-state index in [0.29, 0.717) is 27.6 Å². The molecule has 0 aliphatic heterocycles. The molecule has 0 spiro atoms. The molecule has 0 unspecified atom stereocenters. The van der Waals surface area contributed by atoms with Crippen molar-refractivity contribution < 1.29 is 22.7 Å². The average Bonchev–Trinajstić information content (AvgIpc) is 2.58. The summed E-state index contributed by atoms with van der Waals surface area (Å²) in [6, 6.07) is 9.98. The summed E-state index contributed by atoms with van der Waals surface area (Å²) in [5.41, 5.74) is 1.82. The number of carbonyl (C=O) groups is 1. The summed E-state index contributed by atoms with van der Waals surface area (Å²) in [7, 11) is -3.39. The molecule has 8 heteroatoms. The second kappa shape index (κ2) is 9.41. The molecule has 0 amide bonds. The van der Waals surface area contributed by atoms with Crippen LogP contribution in [0.1, 0.15) is 37.5 Å². The molecule has 0 aliphatic carbocycles. The molecule has 0 bridgehead atoms. The van der Waals surface area contributed by atoms with Gasteiger partial charge in [-0.25, -0.2) is 13.2 Å². The molecule has 1 N–H and O–H groups in total. The third kappa shape index (κ3) is 7.97. The van der Waals surface area contributed by atoms with Gasteiger partial charge in [0.05, 0.1) is 11.8 Å². The standard InChI is InChI=1S/C22H24ClNO5S/c1-15-6-10-19(24-30(5,26)27)13-16(15)7-8-17-12-18(23)9-11-20(17)28-14-21(25)29-22(2,3)4/h6,9-13,24H,14H2,1-5H3. The van der Waals surface area contributed by atoms with Gasteiger partial charge in [-0.3, -0.25) is 4.72 Å². The van der Waals surface area contributed by atoms with Gasteiger partial charge >= 0.3 is 5.97 Å². The summed E-state index contributed by atoms with van der Waals surface area (Å²) in [5, 5.41) is 0.466. The molecule has 0 heterocycles. The van der Waals surface area contributed by atoms with Gasteiger partial charge in [-0.15, -0.1) is 0 Å². The molecule has 30 heavy (non-hydrogen) atoms. The molecule has 0 saturated heterocycles. The van der Waals surface area contributed by atoms with E-state index in [4.69, 9.17) is 21.1 Å². The van der Waals surface area contributed by atoms with Crippen LogP contribution < -0.4 is 9.46 Å². The van der Waals surface area contributed by atoms with E-state index >= 15 is 0 Å². The van der Waals surface area contributed by atoms with E-state index in [1.807, 2.05) is 6.92 Å². The van der Waals surface area contributed by atoms with Gasteiger partial charge in [0.2, 0.25) is 10.0 Å². The van der Waals surface area contributed by atoms with Gasteiger partial charge in [-0.2, -0.15) is 0 Å². The van der Waals surface area contributed by atoms with E-state index in [9.17, 15) is 13.2 Å². The van der Waals surface area contributed by atoms with Crippen molar-refractivity contribution in [2.45, 2.75) is 33.3 Å². The molecule has 2 aromatic carbocycles. The zero-order valence-electron chi connectivity index (χ0n) is 17.5. The van der Waals surface area contributed by atoms with Gasteiger partial charge < -0.3 is 9.47 Å². The fraction of sp³-hybridized carbons (Fsp3) is 0.318. The number of nitrogens with one attached hydrogen (secondary N) is 1. The Morgan fingerprint density at radius 3 is 2.40 bits per heavy atom. The SMILES string of the molecule is Cc1ccc(NS(C)(=O)=O)cc1C#Cc1cc(Cl)ccc1OCC(=O)OC(C)(C)C. The van der Waals surface area contributed by atoms with Gasteiger partial charge in [0.1, 0.15) is 11.4 Å². The van der Waals surface area contributed by atoms with Crippen molar-refractivity contribution in [1.29, 1.82) is 0 Å². The summed E-state index contributed by atoms with van der Waals surface area (Å²) >= 11 is 6.09. The zero-order chi connectivity index (χ0) is 22.5. The highest BCUT2D eigenvalue weighted by Gasteiger charge is 2.17. The molecule has 0 fully saturated rings. The summed E-state index contributed by atoms with van der Waals surface area (Å²) in [5.74, 6) is 5.89. The molecule has 0 radical (unpaired) electrons. The minimum absolute atomic E-state index is 0.264. The Morgan fingerprint density at radius 1 is 1.10 bits per heavy atom. The van der Waals surface area contributed by atoms with Crippen molar-refractivity contribution in [1.82, 2.24) is 0 Å². The zero-order valence-corrected chi connectivity index (χ0v) is 19.1. The van der Waals surface area contributed by atoms with Gasteiger partial charge in [-0.1, -0.05) is 29.5 Å². The third-order valence-corrected chi connectivity index (χ3v) is 4.42. The molecule has 0 aliphatic rings. The van der Waals surface area contributed by atoms with Gasteiger partial charge in [0, 0.05) is 16.3 Å². The second-order valence-electron chi connectivity index (χ2n) is 7.67. The smallest absolute Gasteiger partial charge is 0.344 e. The summed E-state index contributed by atoms with van der Waals surface area (Å²) < 4.78 is 36.2. The number of halogens is 1. The van der Waals surface area contributed by atoms with E-state index in [2.05, 4.69) is 16.6 Å². The quantitative estimate of drug-likeness (QED) is 0.548. The molecule has 2 rings (SSSR count). The van der Waals surface area contributed by atoms with Crippen molar-refractivity contribution in [3.8, 4) is 17.6 Å². The second-order valence-corrected chi connectivity index (χ2v) is 9.85. The fourth-order valence-corrected chi connectivity index (χ4v) is 3.13. The van der Waals surface area contributed by atoms with Crippen LogP contribution in [0, 0.1) is 18.8 Å². The van der Waals surface area contributed by atoms with Crippen LogP contribution in [0.25, 0.3) is 0 Å². The minimum Gasteiger partial charge on any atom is -0.481 e. The van der Waals surface area contributed by atoms with Crippen molar-refractivity contribution in [2.24, 2.45) is 0 Å². The van der Waals surface area contributed by atoms with Crippen LogP contribution in [-0.4, -0.2) is 32.9 Å². The number of esters is 1. The van der Waals surface area contributed by atoms with E-state index in [0.717, 1.165) is 11.8 Å². The number of rotatable bonds is 5. The Morgan fingerprint density at radius 2 is 1.77 bits per heavy atom.